The number of hydrogen-bond acceptors (Lipinski definition) is 3. The molecule has 0 unspecified atom stereocenters. The summed E-state index contributed by atoms with van der Waals surface area (Å²) < 4.78 is 21.0. The highest BCUT2D eigenvalue weighted by Gasteiger charge is 2.13. The molecule has 0 amide bonds. The number of ether oxygens (including phenoxy) is 1. The van der Waals surface area contributed by atoms with Crippen LogP contribution in [0.25, 0.3) is 11.0 Å². The smallest absolute Gasteiger partial charge is 0.156 e. The Balaban J connectivity index is 1.67. The molecule has 0 radical (unpaired) electrons. The van der Waals surface area contributed by atoms with Gasteiger partial charge in [0, 0.05) is 6.42 Å². The van der Waals surface area contributed by atoms with Crippen LogP contribution in [-0.4, -0.2) is 22.9 Å². The molecule has 0 saturated heterocycles. The van der Waals surface area contributed by atoms with Gasteiger partial charge in [0.2, 0.25) is 0 Å². The number of unbranched alkanes of at least 4 members (excludes halogenated alkanes) is 1. The lowest BCUT2D eigenvalue weighted by molar-refractivity contribution is 0.117. The van der Waals surface area contributed by atoms with Crippen molar-refractivity contribution in [3.8, 4) is 5.75 Å². The van der Waals surface area contributed by atoms with E-state index in [1.54, 1.807) is 23.8 Å². The van der Waals surface area contributed by atoms with Gasteiger partial charge in [0.25, 0.3) is 0 Å². The fourth-order valence-corrected chi connectivity index (χ4v) is 3.43. The predicted molar refractivity (Wildman–Crippen MR) is 106 cm³/mol. The van der Waals surface area contributed by atoms with Crippen molar-refractivity contribution in [1.82, 2.24) is 9.71 Å². The molecule has 3 rings (SSSR count). The summed E-state index contributed by atoms with van der Waals surface area (Å²) in [5.74, 6) is 0.740. The van der Waals surface area contributed by atoms with Gasteiger partial charge >= 0.3 is 0 Å². The predicted octanol–water partition coefficient (Wildman–Crippen LogP) is 5.64. The van der Waals surface area contributed by atoms with Crippen LogP contribution in [0.1, 0.15) is 31.2 Å². The van der Waals surface area contributed by atoms with Crippen LogP contribution in [0, 0.1) is 12.7 Å². The topological polar surface area (TPSA) is 36.3 Å². The highest BCUT2D eigenvalue weighted by molar-refractivity contribution is 6.37. The summed E-state index contributed by atoms with van der Waals surface area (Å²) in [5, 5.41) is 0.972. The molecular weight excluding hydrogens is 390 g/mol. The van der Waals surface area contributed by atoms with Gasteiger partial charge in [-0.15, -0.1) is 0 Å². The number of hydrogen-bond donors (Lipinski definition) is 0. The molecule has 0 aliphatic heterocycles. The first kappa shape index (κ1) is 19.8. The highest BCUT2D eigenvalue weighted by atomic mass is 35.5. The van der Waals surface area contributed by atoms with Gasteiger partial charge in [-0.3, -0.25) is 0 Å². The van der Waals surface area contributed by atoms with Gasteiger partial charge in [0.15, 0.2) is 11.6 Å². The minimum atomic E-state index is -0.366. The van der Waals surface area contributed by atoms with Gasteiger partial charge in [-0.2, -0.15) is 4.73 Å². The summed E-state index contributed by atoms with van der Waals surface area (Å²) in [6.07, 6.45) is 2.57. The first-order chi connectivity index (χ1) is 13.0. The summed E-state index contributed by atoms with van der Waals surface area (Å²) >= 11 is 12.6. The number of aromatic nitrogens is 2. The lowest BCUT2D eigenvalue weighted by atomic mass is 10.1. The summed E-state index contributed by atoms with van der Waals surface area (Å²) in [4.78, 5) is 10.0. The largest absolute Gasteiger partial charge is 0.490 e. The maximum Gasteiger partial charge on any atom is 0.156 e. The van der Waals surface area contributed by atoms with Gasteiger partial charge in [-0.1, -0.05) is 42.6 Å². The Kier molecular flexibility index (Phi) is 6.45. The molecule has 27 heavy (non-hydrogen) atoms. The number of nitrogens with zero attached hydrogens (tertiary/aromatic N) is 2. The fraction of sp³-hybridized carbons (Fsp3) is 0.350. The van der Waals surface area contributed by atoms with Gasteiger partial charge in [-0.05, 0) is 43.2 Å². The molecule has 2 aromatic carbocycles. The minimum Gasteiger partial charge on any atom is -0.490 e. The average Bonchev–Trinajstić information content (AvgIpc) is 2.95. The Hall–Kier alpha value is -1.98. The van der Waals surface area contributed by atoms with E-state index in [4.69, 9.17) is 32.8 Å². The molecule has 0 aliphatic carbocycles. The van der Waals surface area contributed by atoms with Crippen molar-refractivity contribution in [1.29, 1.82) is 0 Å². The summed E-state index contributed by atoms with van der Waals surface area (Å²) in [6.45, 7) is 4.82. The monoisotopic (exact) mass is 410 g/mol. The molecule has 0 bridgehead atoms. The van der Waals surface area contributed by atoms with Crippen molar-refractivity contribution in [2.45, 2.75) is 33.1 Å². The number of halogens is 3. The molecule has 1 heterocycles. The molecular formula is C20H21Cl2FN2O2. The molecule has 4 nitrogen and oxygen atoms in total. The van der Waals surface area contributed by atoms with Crippen LogP contribution < -0.4 is 9.57 Å². The van der Waals surface area contributed by atoms with E-state index in [9.17, 15) is 4.39 Å². The lowest BCUT2D eigenvalue weighted by Gasteiger charge is -2.13. The highest BCUT2D eigenvalue weighted by Crippen LogP contribution is 2.34. The van der Waals surface area contributed by atoms with Crippen LogP contribution in [0.3, 0.4) is 0 Å². The number of rotatable bonds is 8. The molecule has 0 atom stereocenters. The van der Waals surface area contributed by atoms with Crippen molar-refractivity contribution in [3.05, 3.63) is 57.6 Å². The molecule has 0 fully saturated rings. The molecule has 1 aromatic heterocycles. The van der Waals surface area contributed by atoms with E-state index in [0.717, 1.165) is 18.4 Å². The summed E-state index contributed by atoms with van der Waals surface area (Å²) in [5.41, 5.74) is 1.83. The second kappa shape index (κ2) is 8.81. The zero-order chi connectivity index (χ0) is 19.4. The number of imidazole rings is 1. The normalized spacial score (nSPS) is 11.1. The first-order valence-corrected chi connectivity index (χ1v) is 9.64. The molecule has 7 heteroatoms. The van der Waals surface area contributed by atoms with Crippen LogP contribution >= 0.6 is 23.2 Å². The van der Waals surface area contributed by atoms with Gasteiger partial charge in [0.1, 0.15) is 23.5 Å². The Morgan fingerprint density at radius 3 is 2.59 bits per heavy atom. The zero-order valence-electron chi connectivity index (χ0n) is 15.3. The maximum absolute atomic E-state index is 13.8. The Bertz CT molecular complexity index is 920. The van der Waals surface area contributed by atoms with E-state index in [0.29, 0.717) is 52.3 Å². The Morgan fingerprint density at radius 1 is 1.15 bits per heavy atom. The van der Waals surface area contributed by atoms with E-state index in [-0.39, 0.29) is 5.82 Å². The summed E-state index contributed by atoms with van der Waals surface area (Å²) in [7, 11) is 0. The third-order valence-electron chi connectivity index (χ3n) is 4.17. The summed E-state index contributed by atoms with van der Waals surface area (Å²) in [6, 6.07) is 8.45. The quantitative estimate of drug-likeness (QED) is 0.450. The van der Waals surface area contributed by atoms with Crippen molar-refractivity contribution < 1.29 is 14.0 Å². The van der Waals surface area contributed by atoms with E-state index in [1.807, 2.05) is 12.1 Å². The number of aryl methyl sites for hydroxylation is 1. The lowest BCUT2D eigenvalue weighted by Crippen LogP contribution is -2.16. The van der Waals surface area contributed by atoms with Crippen molar-refractivity contribution >= 4 is 34.2 Å². The standard InChI is InChI=1S/C20H21Cl2FN2O2/c1-3-4-9-26-20-15(21)11-14(12-16(20)22)8-10-27-25-13(2)24-19-17(23)6-5-7-18(19)25/h5-7,11-12H,3-4,8-10H2,1-2H3. The third kappa shape index (κ3) is 4.47. The Labute approximate surface area is 167 Å². The average molecular weight is 411 g/mol. The number of benzene rings is 2. The zero-order valence-corrected chi connectivity index (χ0v) is 16.8. The van der Waals surface area contributed by atoms with Crippen LogP contribution in [0.5, 0.6) is 5.75 Å². The van der Waals surface area contributed by atoms with Crippen LogP contribution in [-0.2, 0) is 6.42 Å². The minimum absolute atomic E-state index is 0.301. The SMILES string of the molecule is CCCCOc1c(Cl)cc(CCOn2c(C)nc3c(F)cccc32)cc1Cl. The molecule has 3 aromatic rings. The van der Waals surface area contributed by atoms with Crippen molar-refractivity contribution in [3.63, 3.8) is 0 Å². The van der Waals surface area contributed by atoms with Gasteiger partial charge < -0.3 is 9.57 Å². The second-order valence-electron chi connectivity index (χ2n) is 6.23. The number of para-hydroxylation sites is 1. The van der Waals surface area contributed by atoms with E-state index in [2.05, 4.69) is 11.9 Å². The fourth-order valence-electron chi connectivity index (χ4n) is 2.79. The van der Waals surface area contributed by atoms with Crippen molar-refractivity contribution in [2.75, 3.05) is 13.2 Å². The van der Waals surface area contributed by atoms with Crippen LogP contribution in [0.4, 0.5) is 4.39 Å². The van der Waals surface area contributed by atoms with E-state index < -0.39 is 0 Å². The number of fused-ring (bicyclic) bond motifs is 1. The molecule has 144 valence electrons. The van der Waals surface area contributed by atoms with Gasteiger partial charge in [0.05, 0.1) is 16.7 Å². The first-order valence-electron chi connectivity index (χ1n) is 8.88. The molecule has 0 saturated carbocycles. The van der Waals surface area contributed by atoms with E-state index in [1.165, 1.54) is 6.07 Å². The molecule has 0 N–H and O–H groups in total. The Morgan fingerprint density at radius 2 is 1.89 bits per heavy atom. The van der Waals surface area contributed by atoms with E-state index >= 15 is 0 Å². The second-order valence-corrected chi connectivity index (χ2v) is 7.05. The van der Waals surface area contributed by atoms with Crippen LogP contribution in [0.2, 0.25) is 10.0 Å². The third-order valence-corrected chi connectivity index (χ3v) is 4.73. The van der Waals surface area contributed by atoms with Crippen LogP contribution in [0.15, 0.2) is 30.3 Å². The van der Waals surface area contributed by atoms with Gasteiger partial charge in [-0.25, -0.2) is 9.37 Å². The molecule has 0 aliphatic rings. The van der Waals surface area contributed by atoms with Crippen molar-refractivity contribution in [2.24, 2.45) is 0 Å². The maximum atomic E-state index is 13.8. The molecule has 0 spiro atoms.